The Balaban J connectivity index is 1.90. The van der Waals surface area contributed by atoms with Crippen LogP contribution in [0.3, 0.4) is 0 Å². The van der Waals surface area contributed by atoms with Crippen LogP contribution in [-0.4, -0.2) is 20.2 Å². The molecule has 0 spiro atoms. The van der Waals surface area contributed by atoms with Gasteiger partial charge in [0.15, 0.2) is 0 Å². The Bertz CT molecular complexity index is 630. The van der Waals surface area contributed by atoms with Crippen LogP contribution in [-0.2, 0) is 16.1 Å². The molecule has 0 bridgehead atoms. The molecule has 0 aliphatic carbocycles. The van der Waals surface area contributed by atoms with Gasteiger partial charge in [-0.3, -0.25) is 0 Å². The standard InChI is InChI=1S/C18H19NO3/c1-21-17-10-5-15(6-11-17)13-19-16-8-3-14(4-9-16)7-12-18(20)22-2/h3-12,19H,13H2,1-2H3. The monoisotopic (exact) mass is 297 g/mol. The third-order valence-corrected chi connectivity index (χ3v) is 3.18. The van der Waals surface area contributed by atoms with Crippen molar-refractivity contribution in [2.75, 3.05) is 19.5 Å². The molecule has 0 aliphatic rings. The van der Waals surface area contributed by atoms with Crippen LogP contribution in [0.25, 0.3) is 6.08 Å². The highest BCUT2D eigenvalue weighted by molar-refractivity contribution is 5.86. The van der Waals surface area contributed by atoms with Gasteiger partial charge in [0.05, 0.1) is 14.2 Å². The Kier molecular flexibility index (Phi) is 5.60. The normalized spacial score (nSPS) is 10.5. The minimum atomic E-state index is -0.360. The maximum atomic E-state index is 11.0. The van der Waals surface area contributed by atoms with Crippen molar-refractivity contribution in [3.8, 4) is 5.75 Å². The summed E-state index contributed by atoms with van der Waals surface area (Å²) < 4.78 is 9.69. The fourth-order valence-electron chi connectivity index (χ4n) is 1.89. The molecule has 0 saturated carbocycles. The van der Waals surface area contributed by atoms with Gasteiger partial charge in [-0.25, -0.2) is 4.79 Å². The molecular formula is C18H19NO3. The van der Waals surface area contributed by atoms with E-state index in [-0.39, 0.29) is 5.97 Å². The number of hydrogen-bond donors (Lipinski definition) is 1. The molecule has 0 aromatic heterocycles. The topological polar surface area (TPSA) is 47.6 Å². The van der Waals surface area contributed by atoms with E-state index in [1.807, 2.05) is 48.5 Å². The predicted octanol–water partition coefficient (Wildman–Crippen LogP) is 3.49. The first-order valence-electron chi connectivity index (χ1n) is 6.94. The van der Waals surface area contributed by atoms with E-state index < -0.39 is 0 Å². The molecule has 0 fully saturated rings. The van der Waals surface area contributed by atoms with Crippen LogP contribution >= 0.6 is 0 Å². The molecular weight excluding hydrogens is 278 g/mol. The maximum absolute atomic E-state index is 11.0. The van der Waals surface area contributed by atoms with Crippen LogP contribution < -0.4 is 10.1 Å². The summed E-state index contributed by atoms with van der Waals surface area (Å²) in [7, 11) is 3.02. The van der Waals surface area contributed by atoms with Gasteiger partial charge in [0.25, 0.3) is 0 Å². The Morgan fingerprint density at radius 3 is 2.32 bits per heavy atom. The lowest BCUT2D eigenvalue weighted by Crippen LogP contribution is -1.99. The maximum Gasteiger partial charge on any atom is 0.330 e. The van der Waals surface area contributed by atoms with Crippen LogP contribution in [0.2, 0.25) is 0 Å². The van der Waals surface area contributed by atoms with Gasteiger partial charge >= 0.3 is 5.97 Å². The van der Waals surface area contributed by atoms with E-state index in [1.54, 1.807) is 13.2 Å². The van der Waals surface area contributed by atoms with Gasteiger partial charge in [-0.05, 0) is 41.5 Å². The van der Waals surface area contributed by atoms with Crippen LogP contribution in [0.4, 0.5) is 5.69 Å². The molecule has 0 amide bonds. The molecule has 4 nitrogen and oxygen atoms in total. The van der Waals surface area contributed by atoms with Crippen LogP contribution in [0.5, 0.6) is 5.75 Å². The van der Waals surface area contributed by atoms with Gasteiger partial charge in [0.2, 0.25) is 0 Å². The number of nitrogens with one attached hydrogen (secondary N) is 1. The number of anilines is 1. The van der Waals surface area contributed by atoms with Crippen molar-refractivity contribution in [1.29, 1.82) is 0 Å². The molecule has 0 aliphatic heterocycles. The van der Waals surface area contributed by atoms with E-state index in [9.17, 15) is 4.79 Å². The average Bonchev–Trinajstić information content (AvgIpc) is 2.59. The van der Waals surface area contributed by atoms with Gasteiger partial charge < -0.3 is 14.8 Å². The number of esters is 1. The fraction of sp³-hybridized carbons (Fsp3) is 0.167. The molecule has 2 aromatic carbocycles. The number of carbonyl (C=O) groups is 1. The van der Waals surface area contributed by atoms with Gasteiger partial charge in [0, 0.05) is 18.3 Å². The molecule has 0 unspecified atom stereocenters. The lowest BCUT2D eigenvalue weighted by Gasteiger charge is -2.07. The average molecular weight is 297 g/mol. The van der Waals surface area contributed by atoms with Gasteiger partial charge in [-0.1, -0.05) is 24.3 Å². The quantitative estimate of drug-likeness (QED) is 0.655. The molecule has 0 atom stereocenters. The predicted molar refractivity (Wildman–Crippen MR) is 87.8 cm³/mol. The van der Waals surface area contributed by atoms with Crippen molar-refractivity contribution in [3.63, 3.8) is 0 Å². The number of ether oxygens (including phenoxy) is 2. The molecule has 0 heterocycles. The molecule has 2 aromatic rings. The van der Waals surface area contributed by atoms with Crippen LogP contribution in [0.15, 0.2) is 54.6 Å². The lowest BCUT2D eigenvalue weighted by molar-refractivity contribution is -0.134. The van der Waals surface area contributed by atoms with Crippen molar-refractivity contribution in [3.05, 3.63) is 65.7 Å². The van der Waals surface area contributed by atoms with Crippen LogP contribution in [0, 0.1) is 0 Å². The Morgan fingerprint density at radius 2 is 1.73 bits per heavy atom. The van der Waals surface area contributed by atoms with Gasteiger partial charge in [-0.2, -0.15) is 0 Å². The highest BCUT2D eigenvalue weighted by Crippen LogP contribution is 2.15. The molecule has 0 radical (unpaired) electrons. The summed E-state index contributed by atoms with van der Waals surface area (Å²) >= 11 is 0. The van der Waals surface area contributed by atoms with Crippen molar-refractivity contribution in [1.82, 2.24) is 0 Å². The summed E-state index contributed by atoms with van der Waals surface area (Å²) in [5, 5.41) is 3.35. The van der Waals surface area contributed by atoms with E-state index in [2.05, 4.69) is 10.1 Å². The second kappa shape index (κ2) is 7.88. The van der Waals surface area contributed by atoms with Crippen molar-refractivity contribution < 1.29 is 14.3 Å². The van der Waals surface area contributed by atoms with E-state index in [4.69, 9.17) is 4.74 Å². The second-order valence-electron chi connectivity index (χ2n) is 4.68. The first kappa shape index (κ1) is 15.6. The van der Waals surface area contributed by atoms with Gasteiger partial charge in [0.1, 0.15) is 5.75 Å². The largest absolute Gasteiger partial charge is 0.497 e. The third-order valence-electron chi connectivity index (χ3n) is 3.18. The summed E-state index contributed by atoms with van der Waals surface area (Å²) in [6.45, 7) is 0.737. The Morgan fingerprint density at radius 1 is 1.05 bits per heavy atom. The smallest absolute Gasteiger partial charge is 0.330 e. The molecule has 1 N–H and O–H groups in total. The molecule has 114 valence electrons. The summed E-state index contributed by atoms with van der Waals surface area (Å²) in [6.07, 6.45) is 3.12. The Labute approximate surface area is 130 Å². The SMILES string of the molecule is COC(=O)C=Cc1ccc(NCc2ccc(OC)cc2)cc1. The number of methoxy groups -OCH3 is 2. The number of rotatable bonds is 6. The minimum Gasteiger partial charge on any atom is -0.497 e. The zero-order valence-electron chi connectivity index (χ0n) is 12.7. The van der Waals surface area contributed by atoms with E-state index >= 15 is 0 Å². The first-order valence-corrected chi connectivity index (χ1v) is 6.94. The van der Waals surface area contributed by atoms with Crippen molar-refractivity contribution in [2.45, 2.75) is 6.54 Å². The van der Waals surface area contributed by atoms with Crippen molar-refractivity contribution in [2.24, 2.45) is 0 Å². The number of hydrogen-bond acceptors (Lipinski definition) is 4. The fourth-order valence-corrected chi connectivity index (χ4v) is 1.89. The Hall–Kier alpha value is -2.75. The molecule has 22 heavy (non-hydrogen) atoms. The summed E-state index contributed by atoms with van der Waals surface area (Å²) in [5.74, 6) is 0.493. The van der Waals surface area contributed by atoms with E-state index in [0.29, 0.717) is 0 Å². The number of carbonyl (C=O) groups excluding carboxylic acids is 1. The van der Waals surface area contributed by atoms with Crippen LogP contribution in [0.1, 0.15) is 11.1 Å². The second-order valence-corrected chi connectivity index (χ2v) is 4.68. The summed E-state index contributed by atoms with van der Waals surface area (Å²) in [6, 6.07) is 15.8. The number of benzene rings is 2. The third kappa shape index (κ3) is 4.66. The molecule has 0 saturated heterocycles. The van der Waals surface area contributed by atoms with E-state index in [1.165, 1.54) is 18.7 Å². The summed E-state index contributed by atoms with van der Waals surface area (Å²) in [4.78, 5) is 11.0. The minimum absolute atomic E-state index is 0.360. The summed E-state index contributed by atoms with van der Waals surface area (Å²) in [5.41, 5.74) is 3.14. The molecule has 2 rings (SSSR count). The zero-order chi connectivity index (χ0) is 15.8. The highest BCUT2D eigenvalue weighted by atomic mass is 16.5. The van der Waals surface area contributed by atoms with Crippen molar-refractivity contribution >= 4 is 17.7 Å². The zero-order valence-corrected chi connectivity index (χ0v) is 12.7. The first-order chi connectivity index (χ1) is 10.7. The highest BCUT2D eigenvalue weighted by Gasteiger charge is 1.97. The van der Waals surface area contributed by atoms with E-state index in [0.717, 1.165) is 23.5 Å². The lowest BCUT2D eigenvalue weighted by atomic mass is 10.1. The van der Waals surface area contributed by atoms with Gasteiger partial charge in [-0.15, -0.1) is 0 Å². The molecule has 4 heteroatoms.